The molecule has 0 saturated heterocycles. The SMILES string of the molecule is [C-]#[N+]C([N+]#[C-])=c1nc2c(-c3cc(C)cc(OC(F)(F)F)c3)c3c(nc(=C(C#N)C#N)n3C)c(-c3cc(C)cc(OC(F)(F)F)c3)c2n1C. The van der Waals surface area contributed by atoms with Gasteiger partial charge in [0.25, 0.3) is 0 Å². The van der Waals surface area contributed by atoms with Gasteiger partial charge in [0, 0.05) is 25.2 Å². The van der Waals surface area contributed by atoms with Crippen molar-refractivity contribution in [2.24, 2.45) is 14.1 Å². The van der Waals surface area contributed by atoms with Gasteiger partial charge in [0.05, 0.1) is 22.1 Å². The highest BCUT2D eigenvalue weighted by atomic mass is 19.4. The molecule has 0 aliphatic rings. The Morgan fingerprint density at radius 1 is 0.708 bits per heavy atom. The molecule has 5 rings (SSSR count). The molecular formula is C32H18F6N8O2. The van der Waals surface area contributed by atoms with Crippen LogP contribution in [0.2, 0.25) is 0 Å². The van der Waals surface area contributed by atoms with Crippen LogP contribution in [0.4, 0.5) is 26.3 Å². The average molecular weight is 661 g/mol. The largest absolute Gasteiger partial charge is 0.573 e. The number of aryl methyl sites for hydroxylation is 4. The number of nitriles is 2. The molecule has 2 heterocycles. The highest BCUT2D eigenvalue weighted by Gasteiger charge is 2.33. The summed E-state index contributed by atoms with van der Waals surface area (Å²) in [6.45, 7) is 18.1. The second-order valence-corrected chi connectivity index (χ2v) is 10.4. The fourth-order valence-corrected chi connectivity index (χ4v) is 5.53. The number of hydrogen-bond acceptors (Lipinski definition) is 6. The fourth-order valence-electron chi connectivity index (χ4n) is 5.53. The number of ether oxygens (including phenoxy) is 2. The van der Waals surface area contributed by atoms with Crippen LogP contribution in [0.15, 0.2) is 36.4 Å². The van der Waals surface area contributed by atoms with Gasteiger partial charge in [-0.15, -0.1) is 26.3 Å². The summed E-state index contributed by atoms with van der Waals surface area (Å²) < 4.78 is 91.1. The molecule has 10 nitrogen and oxygen atoms in total. The summed E-state index contributed by atoms with van der Waals surface area (Å²) in [7, 11) is 2.89. The predicted octanol–water partition coefficient (Wildman–Crippen LogP) is 6.31. The molecular weight excluding hydrogens is 642 g/mol. The van der Waals surface area contributed by atoms with Crippen LogP contribution >= 0.6 is 0 Å². The molecule has 0 saturated carbocycles. The van der Waals surface area contributed by atoms with Crippen molar-refractivity contribution < 1.29 is 35.8 Å². The first-order valence-electron chi connectivity index (χ1n) is 13.4. The van der Waals surface area contributed by atoms with Crippen molar-refractivity contribution in [1.29, 1.82) is 10.5 Å². The van der Waals surface area contributed by atoms with Crippen LogP contribution in [0.3, 0.4) is 0 Å². The molecule has 0 radical (unpaired) electrons. The Labute approximate surface area is 266 Å². The van der Waals surface area contributed by atoms with Gasteiger partial charge in [-0.2, -0.15) is 20.2 Å². The van der Waals surface area contributed by atoms with Gasteiger partial charge in [0.15, 0.2) is 11.1 Å². The van der Waals surface area contributed by atoms with Gasteiger partial charge < -0.3 is 18.6 Å². The Morgan fingerprint density at radius 3 is 1.48 bits per heavy atom. The van der Waals surface area contributed by atoms with E-state index in [0.29, 0.717) is 11.1 Å². The van der Waals surface area contributed by atoms with E-state index in [1.54, 1.807) is 12.1 Å². The molecule has 0 fully saturated rings. The Hall–Kier alpha value is -6.52. The van der Waals surface area contributed by atoms with Crippen LogP contribution in [-0.4, -0.2) is 31.8 Å². The lowest BCUT2D eigenvalue weighted by molar-refractivity contribution is -0.275. The second-order valence-electron chi connectivity index (χ2n) is 10.4. The van der Waals surface area contributed by atoms with Crippen LogP contribution in [0, 0.1) is 49.7 Å². The molecule has 16 heteroatoms. The zero-order chi connectivity index (χ0) is 35.3. The third-order valence-electron chi connectivity index (χ3n) is 7.14. The van der Waals surface area contributed by atoms with Crippen LogP contribution in [0.1, 0.15) is 11.1 Å². The highest BCUT2D eigenvalue weighted by molar-refractivity contribution is 6.17. The van der Waals surface area contributed by atoms with Crippen molar-refractivity contribution in [2.75, 3.05) is 0 Å². The molecule has 0 spiro atoms. The molecule has 240 valence electrons. The molecule has 0 unspecified atom stereocenters. The molecule has 0 atom stereocenters. The number of rotatable bonds is 4. The van der Waals surface area contributed by atoms with Crippen molar-refractivity contribution in [3.8, 4) is 45.9 Å². The topological polar surface area (TPSA) is 110 Å². The predicted molar refractivity (Wildman–Crippen MR) is 159 cm³/mol. The van der Waals surface area contributed by atoms with E-state index in [9.17, 15) is 36.9 Å². The van der Waals surface area contributed by atoms with Gasteiger partial charge in [-0.1, -0.05) is 12.1 Å². The number of fused-ring (bicyclic) bond motifs is 2. The van der Waals surface area contributed by atoms with E-state index in [1.165, 1.54) is 49.2 Å². The summed E-state index contributed by atoms with van der Waals surface area (Å²) >= 11 is 0. The lowest BCUT2D eigenvalue weighted by Crippen LogP contribution is -2.18. The Balaban J connectivity index is 2.13. The molecule has 3 aromatic carbocycles. The summed E-state index contributed by atoms with van der Waals surface area (Å²) in [5.74, 6) is -1.63. The van der Waals surface area contributed by atoms with Crippen molar-refractivity contribution in [2.45, 2.75) is 26.6 Å². The van der Waals surface area contributed by atoms with E-state index in [2.05, 4.69) is 29.1 Å². The summed E-state index contributed by atoms with van der Waals surface area (Å²) in [6.07, 6.45) is -10.1. The van der Waals surface area contributed by atoms with E-state index in [-0.39, 0.29) is 55.3 Å². The zero-order valence-electron chi connectivity index (χ0n) is 25.1. The number of alkyl halides is 6. The zero-order valence-corrected chi connectivity index (χ0v) is 25.1. The number of hydrogen-bond donors (Lipinski definition) is 0. The van der Waals surface area contributed by atoms with Crippen molar-refractivity contribution in [3.63, 3.8) is 0 Å². The van der Waals surface area contributed by atoms with Gasteiger partial charge in [0.1, 0.15) is 36.8 Å². The molecule has 5 aromatic rings. The first-order valence-corrected chi connectivity index (χ1v) is 13.4. The normalized spacial score (nSPS) is 11.5. The van der Waals surface area contributed by atoms with Crippen molar-refractivity contribution >= 4 is 33.5 Å². The van der Waals surface area contributed by atoms with E-state index in [0.717, 1.165) is 24.3 Å². The monoisotopic (exact) mass is 660 g/mol. The maximum absolute atomic E-state index is 13.3. The minimum Gasteiger partial charge on any atom is -0.406 e. The second kappa shape index (κ2) is 11.7. The lowest BCUT2D eigenvalue weighted by atomic mass is 9.93. The van der Waals surface area contributed by atoms with Crippen LogP contribution < -0.4 is 20.4 Å². The van der Waals surface area contributed by atoms with Crippen molar-refractivity contribution in [3.05, 3.63) is 81.3 Å². The highest BCUT2D eigenvalue weighted by Crippen LogP contribution is 2.44. The van der Waals surface area contributed by atoms with Gasteiger partial charge in [-0.05, 0) is 60.4 Å². The van der Waals surface area contributed by atoms with Gasteiger partial charge >= 0.3 is 18.5 Å². The third kappa shape index (κ3) is 5.91. The lowest BCUT2D eigenvalue weighted by Gasteiger charge is -2.16. The van der Waals surface area contributed by atoms with Crippen LogP contribution in [0.25, 0.3) is 65.4 Å². The average Bonchev–Trinajstić information content (AvgIpc) is 3.47. The maximum atomic E-state index is 13.3. The molecule has 0 aliphatic heterocycles. The molecule has 48 heavy (non-hydrogen) atoms. The standard InChI is InChI=1S/C32H18F6N8O2/c1-15-7-17(11-20(9-15)47-31(33,34)35)22-24-26(45(5)29(43-24)19(13-39)14-40)23(18-8-16(2)10-21(12-18)48-32(36,37)38)25-27(22)46(6)30(44-25)28(41-3)42-4/h7-12H,1-2,5-6H3. The molecule has 0 amide bonds. The number of imidazole rings is 2. The van der Waals surface area contributed by atoms with Gasteiger partial charge in [-0.3, -0.25) is 0 Å². The Bertz CT molecular complexity index is 2270. The molecule has 2 aromatic heterocycles. The van der Waals surface area contributed by atoms with Crippen LogP contribution in [0.5, 0.6) is 11.5 Å². The molecule has 0 aliphatic carbocycles. The maximum Gasteiger partial charge on any atom is 0.573 e. The first kappa shape index (κ1) is 32.9. The molecule has 0 N–H and O–H groups in total. The van der Waals surface area contributed by atoms with Gasteiger partial charge in [0.2, 0.25) is 5.48 Å². The van der Waals surface area contributed by atoms with E-state index in [1.807, 2.05) is 0 Å². The Kier molecular flexibility index (Phi) is 8.00. The van der Waals surface area contributed by atoms with E-state index < -0.39 is 35.6 Å². The smallest absolute Gasteiger partial charge is 0.406 e. The van der Waals surface area contributed by atoms with Crippen molar-refractivity contribution in [1.82, 2.24) is 19.1 Å². The number of aromatic nitrogens is 4. The summed E-state index contributed by atoms with van der Waals surface area (Å²) in [6, 6.07) is 11.0. The summed E-state index contributed by atoms with van der Waals surface area (Å²) in [5.41, 5.74) is 0.681. The molecule has 0 bridgehead atoms. The first-order chi connectivity index (χ1) is 22.5. The van der Waals surface area contributed by atoms with E-state index in [4.69, 9.17) is 13.1 Å². The van der Waals surface area contributed by atoms with Crippen LogP contribution in [-0.2, 0) is 14.1 Å². The number of nitrogens with zero attached hydrogens (tertiary/aromatic N) is 8. The minimum atomic E-state index is -5.04. The fraction of sp³-hybridized carbons (Fsp3) is 0.188. The minimum absolute atomic E-state index is 0.0167. The third-order valence-corrected chi connectivity index (χ3v) is 7.14. The summed E-state index contributed by atoms with van der Waals surface area (Å²) in [5, 5.41) is 19.4. The number of benzene rings is 3. The van der Waals surface area contributed by atoms with Gasteiger partial charge in [-0.25, -0.2) is 9.97 Å². The Morgan fingerprint density at radius 2 is 1.10 bits per heavy atom. The quantitative estimate of drug-likeness (QED) is 0.165. The summed E-state index contributed by atoms with van der Waals surface area (Å²) in [4.78, 5) is 15.7. The van der Waals surface area contributed by atoms with E-state index >= 15 is 0 Å². The number of halogens is 6.